The monoisotopic (exact) mass is 314 g/mol. The van der Waals surface area contributed by atoms with Gasteiger partial charge in [0, 0.05) is 26.3 Å². The lowest BCUT2D eigenvalue weighted by Crippen LogP contribution is -2.28. The number of methoxy groups -OCH3 is 1. The van der Waals surface area contributed by atoms with E-state index in [2.05, 4.69) is 51.8 Å². The van der Waals surface area contributed by atoms with Gasteiger partial charge in [-0.05, 0) is 19.4 Å². The van der Waals surface area contributed by atoms with Gasteiger partial charge < -0.3 is 15.4 Å². The minimum absolute atomic E-state index is 0.231. The highest BCUT2D eigenvalue weighted by molar-refractivity contribution is 5.92. The Balaban J connectivity index is 2.01. The van der Waals surface area contributed by atoms with Crippen LogP contribution in [-0.4, -0.2) is 36.1 Å². The predicted molar refractivity (Wildman–Crippen MR) is 89.5 cm³/mol. The number of carbonyl (C=O) groups excluding carboxylic acids is 1. The lowest BCUT2D eigenvalue weighted by atomic mass is 10.1. The van der Waals surface area contributed by atoms with Crippen molar-refractivity contribution in [2.24, 2.45) is 0 Å². The van der Waals surface area contributed by atoms with Crippen LogP contribution in [0.5, 0.6) is 0 Å². The molecule has 1 aromatic carbocycles. The van der Waals surface area contributed by atoms with Crippen molar-refractivity contribution in [1.29, 1.82) is 0 Å². The fourth-order valence-electron chi connectivity index (χ4n) is 2.03. The molecule has 0 fully saturated rings. The highest BCUT2D eigenvalue weighted by Gasteiger charge is 2.10. The smallest absolute Gasteiger partial charge is 0.270 e. The van der Waals surface area contributed by atoms with Crippen molar-refractivity contribution >= 4 is 11.7 Å². The summed E-state index contributed by atoms with van der Waals surface area (Å²) in [7, 11) is 1.59. The van der Waals surface area contributed by atoms with Crippen LogP contribution in [0.3, 0.4) is 0 Å². The van der Waals surface area contributed by atoms with Gasteiger partial charge >= 0.3 is 0 Å². The summed E-state index contributed by atoms with van der Waals surface area (Å²) in [6.07, 6.45) is 0. The molecule has 6 heteroatoms. The average Bonchev–Trinajstić information content (AvgIpc) is 2.54. The zero-order chi connectivity index (χ0) is 16.7. The summed E-state index contributed by atoms with van der Waals surface area (Å²) in [6.45, 7) is 5.38. The fourth-order valence-corrected chi connectivity index (χ4v) is 2.03. The third kappa shape index (κ3) is 5.34. The van der Waals surface area contributed by atoms with Gasteiger partial charge in [-0.25, -0.2) is 9.97 Å². The van der Waals surface area contributed by atoms with Crippen LogP contribution >= 0.6 is 0 Å². The highest BCUT2D eigenvalue weighted by Crippen LogP contribution is 2.10. The second kappa shape index (κ2) is 8.24. The first-order chi connectivity index (χ1) is 11.1. The standard InChI is InChI=1S/C17H22N4O2/c1-12-4-6-14(7-5-12)11-19-16-10-15(20-13(2)21-16)17(22)18-8-9-23-3/h4-7,10H,8-9,11H2,1-3H3,(H,18,22)(H,19,20,21). The molecule has 0 aliphatic rings. The van der Waals surface area contributed by atoms with E-state index in [4.69, 9.17) is 4.74 Å². The molecule has 1 aromatic heterocycles. The van der Waals surface area contributed by atoms with Gasteiger partial charge in [0.1, 0.15) is 17.3 Å². The van der Waals surface area contributed by atoms with Crippen LogP contribution in [0.15, 0.2) is 30.3 Å². The summed E-state index contributed by atoms with van der Waals surface area (Å²) in [5, 5.41) is 5.98. The van der Waals surface area contributed by atoms with E-state index in [1.54, 1.807) is 20.1 Å². The van der Waals surface area contributed by atoms with Crippen molar-refractivity contribution in [1.82, 2.24) is 15.3 Å². The first kappa shape index (κ1) is 16.9. The number of benzene rings is 1. The molecule has 0 aliphatic carbocycles. The molecule has 0 radical (unpaired) electrons. The topological polar surface area (TPSA) is 76.1 Å². The maximum Gasteiger partial charge on any atom is 0.270 e. The van der Waals surface area contributed by atoms with E-state index < -0.39 is 0 Å². The van der Waals surface area contributed by atoms with Crippen LogP contribution in [0, 0.1) is 13.8 Å². The number of ether oxygens (including phenoxy) is 1. The summed E-state index contributed by atoms with van der Waals surface area (Å²) < 4.78 is 4.91. The largest absolute Gasteiger partial charge is 0.383 e. The molecule has 122 valence electrons. The van der Waals surface area contributed by atoms with E-state index in [0.717, 1.165) is 5.56 Å². The second-order valence-corrected chi connectivity index (χ2v) is 5.27. The van der Waals surface area contributed by atoms with Crippen molar-refractivity contribution in [3.63, 3.8) is 0 Å². The van der Waals surface area contributed by atoms with Crippen LogP contribution < -0.4 is 10.6 Å². The summed E-state index contributed by atoms with van der Waals surface area (Å²) in [4.78, 5) is 20.5. The molecule has 6 nitrogen and oxygen atoms in total. The number of rotatable bonds is 7. The van der Waals surface area contributed by atoms with E-state index in [1.807, 2.05) is 0 Å². The minimum Gasteiger partial charge on any atom is -0.383 e. The first-order valence-electron chi connectivity index (χ1n) is 7.50. The Morgan fingerprint density at radius 3 is 2.61 bits per heavy atom. The number of anilines is 1. The number of nitrogens with zero attached hydrogens (tertiary/aromatic N) is 2. The van der Waals surface area contributed by atoms with Crippen LogP contribution in [0.25, 0.3) is 0 Å². The summed E-state index contributed by atoms with van der Waals surface area (Å²) in [5.74, 6) is 0.955. The molecule has 0 saturated carbocycles. The van der Waals surface area contributed by atoms with Crippen molar-refractivity contribution in [2.45, 2.75) is 20.4 Å². The molecule has 0 aliphatic heterocycles. The van der Waals surface area contributed by atoms with Crippen molar-refractivity contribution in [3.8, 4) is 0 Å². The fraction of sp³-hybridized carbons (Fsp3) is 0.353. The van der Waals surface area contributed by atoms with Crippen LogP contribution in [0.1, 0.15) is 27.4 Å². The molecular weight excluding hydrogens is 292 g/mol. The van der Waals surface area contributed by atoms with Crippen molar-refractivity contribution in [3.05, 3.63) is 53.0 Å². The molecule has 2 aromatic rings. The van der Waals surface area contributed by atoms with Gasteiger partial charge in [-0.3, -0.25) is 4.79 Å². The third-order valence-electron chi connectivity index (χ3n) is 3.26. The molecule has 23 heavy (non-hydrogen) atoms. The molecule has 0 unspecified atom stereocenters. The maximum atomic E-state index is 12.1. The predicted octanol–water partition coefficient (Wildman–Crippen LogP) is 2.08. The number of nitrogens with one attached hydrogen (secondary N) is 2. The number of aromatic nitrogens is 2. The highest BCUT2D eigenvalue weighted by atomic mass is 16.5. The molecule has 1 amide bonds. The molecule has 0 spiro atoms. The number of hydrogen-bond donors (Lipinski definition) is 2. The van der Waals surface area contributed by atoms with Gasteiger partial charge in [0.05, 0.1) is 6.61 Å². The van der Waals surface area contributed by atoms with Gasteiger partial charge in [-0.1, -0.05) is 29.8 Å². The van der Waals surface area contributed by atoms with Gasteiger partial charge in [-0.2, -0.15) is 0 Å². The van der Waals surface area contributed by atoms with Crippen LogP contribution in [0.4, 0.5) is 5.82 Å². The molecule has 0 atom stereocenters. The molecule has 1 heterocycles. The normalized spacial score (nSPS) is 10.4. The Labute approximate surface area is 136 Å². The first-order valence-corrected chi connectivity index (χ1v) is 7.50. The average molecular weight is 314 g/mol. The van der Waals surface area contributed by atoms with E-state index in [1.165, 1.54) is 5.56 Å². The van der Waals surface area contributed by atoms with E-state index in [9.17, 15) is 4.79 Å². The Kier molecular flexibility index (Phi) is 6.05. The quantitative estimate of drug-likeness (QED) is 0.765. The Bertz CT molecular complexity index is 656. The lowest BCUT2D eigenvalue weighted by Gasteiger charge is -2.09. The Morgan fingerprint density at radius 2 is 1.91 bits per heavy atom. The SMILES string of the molecule is COCCNC(=O)c1cc(NCc2ccc(C)cc2)nc(C)n1. The number of amides is 1. The third-order valence-corrected chi connectivity index (χ3v) is 3.26. The Hall–Kier alpha value is -2.47. The maximum absolute atomic E-state index is 12.1. The van der Waals surface area contributed by atoms with E-state index in [0.29, 0.717) is 37.0 Å². The summed E-state index contributed by atoms with van der Waals surface area (Å²) in [5.41, 5.74) is 2.72. The zero-order valence-corrected chi connectivity index (χ0v) is 13.7. The second-order valence-electron chi connectivity index (χ2n) is 5.27. The van der Waals surface area contributed by atoms with E-state index >= 15 is 0 Å². The van der Waals surface area contributed by atoms with Crippen LogP contribution in [-0.2, 0) is 11.3 Å². The molecule has 2 rings (SSSR count). The van der Waals surface area contributed by atoms with Crippen molar-refractivity contribution < 1.29 is 9.53 Å². The molecule has 2 N–H and O–H groups in total. The zero-order valence-electron chi connectivity index (χ0n) is 13.7. The minimum atomic E-state index is -0.231. The van der Waals surface area contributed by atoms with Gasteiger partial charge in [0.15, 0.2) is 0 Å². The molecular formula is C17H22N4O2. The van der Waals surface area contributed by atoms with Gasteiger partial charge in [-0.15, -0.1) is 0 Å². The molecule has 0 saturated heterocycles. The summed E-state index contributed by atoms with van der Waals surface area (Å²) >= 11 is 0. The van der Waals surface area contributed by atoms with Crippen molar-refractivity contribution in [2.75, 3.05) is 25.6 Å². The Morgan fingerprint density at radius 1 is 1.17 bits per heavy atom. The number of carbonyl (C=O) groups is 1. The van der Waals surface area contributed by atoms with Crippen LogP contribution in [0.2, 0.25) is 0 Å². The molecule has 0 bridgehead atoms. The van der Waals surface area contributed by atoms with Gasteiger partial charge in [0.2, 0.25) is 0 Å². The van der Waals surface area contributed by atoms with E-state index in [-0.39, 0.29) is 5.91 Å². The summed E-state index contributed by atoms with van der Waals surface area (Å²) in [6, 6.07) is 9.92. The number of hydrogen-bond acceptors (Lipinski definition) is 5. The van der Waals surface area contributed by atoms with Gasteiger partial charge in [0.25, 0.3) is 5.91 Å². The number of aryl methyl sites for hydroxylation is 2. The lowest BCUT2D eigenvalue weighted by molar-refractivity contribution is 0.0932.